The minimum atomic E-state index is -3.37. The van der Waals surface area contributed by atoms with Gasteiger partial charge in [0, 0.05) is 48.0 Å². The van der Waals surface area contributed by atoms with E-state index >= 15 is 0 Å². The molecule has 0 bridgehead atoms. The molecule has 1 saturated heterocycles. The van der Waals surface area contributed by atoms with Crippen LogP contribution in [0.15, 0.2) is 4.76 Å². The van der Waals surface area contributed by atoms with Crippen molar-refractivity contribution in [2.75, 3.05) is 54.6 Å². The van der Waals surface area contributed by atoms with Crippen LogP contribution < -0.4 is 0 Å². The van der Waals surface area contributed by atoms with E-state index in [4.69, 9.17) is 13.8 Å². The minimum Gasteiger partial charge on any atom is -0.383 e. The summed E-state index contributed by atoms with van der Waals surface area (Å²) in [6.45, 7) is 2.95. The summed E-state index contributed by atoms with van der Waals surface area (Å²) >= 11 is 0. The molecule has 0 aromatic heterocycles. The zero-order valence-electron chi connectivity index (χ0n) is 10.8. The van der Waals surface area contributed by atoms with E-state index in [-0.39, 0.29) is 0 Å². The summed E-state index contributed by atoms with van der Waals surface area (Å²) in [5, 5.41) is 0. The van der Waals surface area contributed by atoms with Gasteiger partial charge in [-0.2, -0.15) is 0 Å². The molecule has 100 valence electrons. The number of likely N-dealkylation sites (N-methyl/N-ethyl adjacent to an activating group) is 1. The van der Waals surface area contributed by atoms with Crippen LogP contribution in [0, 0.1) is 0 Å². The third-order valence-electron chi connectivity index (χ3n) is 2.57. The van der Waals surface area contributed by atoms with Crippen LogP contribution >= 0.6 is 7.75 Å². The van der Waals surface area contributed by atoms with Crippen molar-refractivity contribution in [2.45, 2.75) is 0 Å². The van der Waals surface area contributed by atoms with Crippen molar-refractivity contribution in [1.82, 2.24) is 9.80 Å². The minimum absolute atomic E-state index is 0.594. The lowest BCUT2D eigenvalue weighted by molar-refractivity contribution is 0.179. The first-order valence-corrected chi connectivity index (χ1v) is 6.82. The Kier molecular flexibility index (Phi) is 5.39. The summed E-state index contributed by atoms with van der Waals surface area (Å²) < 4.78 is 30.7. The fraction of sp³-hybridized carbons (Fsp3) is 0.889. The van der Waals surface area contributed by atoms with Gasteiger partial charge >= 0.3 is 7.75 Å². The largest absolute Gasteiger partial charge is 0.456 e. The molecule has 1 aliphatic rings. The fourth-order valence-electron chi connectivity index (χ4n) is 1.53. The van der Waals surface area contributed by atoms with Crippen molar-refractivity contribution < 1.29 is 18.3 Å². The molecular formula is C9H20N3O4P. The highest BCUT2D eigenvalue weighted by atomic mass is 31.2. The first kappa shape index (κ1) is 14.4. The van der Waals surface area contributed by atoms with E-state index in [9.17, 15) is 4.57 Å². The average Bonchev–Trinajstić information content (AvgIpc) is 2.68. The Balaban J connectivity index is 2.83. The van der Waals surface area contributed by atoms with Gasteiger partial charge in [0.25, 0.3) is 0 Å². The number of methoxy groups -OCH3 is 1. The number of nitrogens with zero attached hydrogens (tertiary/aromatic N) is 3. The van der Waals surface area contributed by atoms with Gasteiger partial charge < -0.3 is 14.5 Å². The Hall–Kier alpha value is -0.620. The third kappa shape index (κ3) is 3.67. The molecule has 1 aliphatic heterocycles. The molecule has 0 spiro atoms. The van der Waals surface area contributed by atoms with E-state index < -0.39 is 7.75 Å². The number of hydrogen-bond donors (Lipinski definition) is 0. The second-order valence-electron chi connectivity index (χ2n) is 3.64. The van der Waals surface area contributed by atoms with Crippen LogP contribution in [0.5, 0.6) is 0 Å². The molecule has 1 fully saturated rings. The Morgan fingerprint density at radius 3 is 2.47 bits per heavy atom. The van der Waals surface area contributed by atoms with Crippen molar-refractivity contribution in [3.05, 3.63) is 0 Å². The zero-order valence-corrected chi connectivity index (χ0v) is 11.6. The van der Waals surface area contributed by atoms with Gasteiger partial charge in [0.15, 0.2) is 0 Å². The average molecular weight is 265 g/mol. The van der Waals surface area contributed by atoms with Crippen LogP contribution in [-0.4, -0.2) is 70.4 Å². The first-order valence-electron chi connectivity index (χ1n) is 5.33. The van der Waals surface area contributed by atoms with Gasteiger partial charge in [0.1, 0.15) is 0 Å². The maximum atomic E-state index is 12.0. The summed E-state index contributed by atoms with van der Waals surface area (Å²) in [5.41, 5.74) is 0. The normalized spacial score (nSPS) is 19.4. The van der Waals surface area contributed by atoms with Gasteiger partial charge in [-0.05, 0) is 0 Å². The number of ether oxygens (including phenoxy) is 1. The van der Waals surface area contributed by atoms with Crippen molar-refractivity contribution in [3.63, 3.8) is 0 Å². The molecule has 0 amide bonds. The van der Waals surface area contributed by atoms with Gasteiger partial charge in [-0.15, -0.1) is 4.76 Å². The highest BCUT2D eigenvalue weighted by molar-refractivity contribution is 7.52. The number of rotatable bonds is 6. The quantitative estimate of drug-likeness (QED) is 0.657. The molecule has 0 aromatic carbocycles. The molecule has 0 atom stereocenters. The van der Waals surface area contributed by atoms with E-state index in [0.717, 1.165) is 13.1 Å². The number of hydrogen-bond acceptors (Lipinski definition) is 4. The van der Waals surface area contributed by atoms with Crippen molar-refractivity contribution >= 4 is 13.7 Å². The predicted octanol–water partition coefficient (Wildman–Crippen LogP) is 0.637. The lowest BCUT2D eigenvalue weighted by atomic mass is 10.5. The molecule has 0 aliphatic carbocycles. The molecular weight excluding hydrogens is 245 g/mol. The van der Waals surface area contributed by atoms with Crippen LogP contribution in [0.1, 0.15) is 0 Å². The van der Waals surface area contributed by atoms with Crippen molar-refractivity contribution in [1.29, 1.82) is 0 Å². The maximum Gasteiger partial charge on any atom is 0.456 e. The van der Waals surface area contributed by atoms with Gasteiger partial charge in [0.2, 0.25) is 5.96 Å². The van der Waals surface area contributed by atoms with Gasteiger partial charge in [-0.1, -0.05) is 0 Å². The maximum absolute atomic E-state index is 12.0. The Morgan fingerprint density at radius 2 is 1.94 bits per heavy atom. The molecule has 1 rings (SSSR count). The summed E-state index contributed by atoms with van der Waals surface area (Å²) in [5.74, 6) is 0.620. The lowest BCUT2D eigenvalue weighted by Gasteiger charge is -2.21. The Labute approximate surface area is 102 Å². The second-order valence-corrected chi connectivity index (χ2v) is 5.50. The SMILES string of the molecule is COCCN1CCN(C)C1=NP(=O)(OC)OC. The van der Waals surface area contributed by atoms with Crippen molar-refractivity contribution in [3.8, 4) is 0 Å². The molecule has 8 heteroatoms. The van der Waals surface area contributed by atoms with Gasteiger partial charge in [-0.25, -0.2) is 4.57 Å². The fourth-order valence-corrected chi connectivity index (χ4v) is 2.34. The summed E-state index contributed by atoms with van der Waals surface area (Å²) in [4.78, 5) is 3.91. The van der Waals surface area contributed by atoms with E-state index in [1.807, 2.05) is 16.8 Å². The molecule has 0 aromatic rings. The van der Waals surface area contributed by atoms with Gasteiger partial charge in [-0.3, -0.25) is 9.05 Å². The number of guanidine groups is 1. The molecule has 0 saturated carbocycles. The highest BCUT2D eigenvalue weighted by Gasteiger charge is 2.29. The topological polar surface area (TPSA) is 63.6 Å². The van der Waals surface area contributed by atoms with Crippen LogP contribution in [0.25, 0.3) is 0 Å². The van der Waals surface area contributed by atoms with E-state index in [2.05, 4.69) is 4.76 Å². The summed E-state index contributed by atoms with van der Waals surface area (Å²) in [6.07, 6.45) is 0. The van der Waals surface area contributed by atoms with E-state index in [0.29, 0.717) is 19.1 Å². The smallest absolute Gasteiger partial charge is 0.383 e. The van der Waals surface area contributed by atoms with Crippen LogP contribution in [0.4, 0.5) is 0 Å². The van der Waals surface area contributed by atoms with Crippen LogP contribution in [0.3, 0.4) is 0 Å². The predicted molar refractivity (Wildman–Crippen MR) is 65.1 cm³/mol. The molecule has 7 nitrogen and oxygen atoms in total. The molecule has 0 N–H and O–H groups in total. The first-order chi connectivity index (χ1) is 8.06. The molecule has 0 unspecified atom stereocenters. The van der Waals surface area contributed by atoms with Crippen LogP contribution in [0.2, 0.25) is 0 Å². The third-order valence-corrected chi connectivity index (χ3v) is 3.91. The van der Waals surface area contributed by atoms with E-state index in [1.54, 1.807) is 7.11 Å². The summed E-state index contributed by atoms with van der Waals surface area (Å²) in [7, 11) is 2.81. The molecule has 0 radical (unpaired) electrons. The Bertz CT molecular complexity index is 315. The van der Waals surface area contributed by atoms with Crippen molar-refractivity contribution in [2.24, 2.45) is 4.76 Å². The lowest BCUT2D eigenvalue weighted by Crippen LogP contribution is -2.33. The van der Waals surface area contributed by atoms with Gasteiger partial charge in [0.05, 0.1) is 6.61 Å². The standard InChI is InChI=1S/C9H20N3O4P/c1-11-5-6-12(7-8-14-2)9(11)10-17(13,15-3)16-4/h5-8H2,1-4H3. The molecule has 17 heavy (non-hydrogen) atoms. The van der Waals surface area contributed by atoms with E-state index in [1.165, 1.54) is 14.2 Å². The summed E-state index contributed by atoms with van der Waals surface area (Å²) in [6, 6.07) is 0. The zero-order chi connectivity index (χ0) is 12.9. The Morgan fingerprint density at radius 1 is 1.29 bits per heavy atom. The molecule has 1 heterocycles. The monoisotopic (exact) mass is 265 g/mol. The second kappa shape index (κ2) is 6.35. The van der Waals surface area contributed by atoms with Crippen LogP contribution in [-0.2, 0) is 18.3 Å². The highest BCUT2D eigenvalue weighted by Crippen LogP contribution is 2.48.